The van der Waals surface area contributed by atoms with Crippen molar-refractivity contribution in [3.63, 3.8) is 0 Å². The third-order valence-electron chi connectivity index (χ3n) is 10.2. The number of nitrogens with one attached hydrogen (secondary N) is 1. The number of carbonyl (C=O) groups is 2. The van der Waals surface area contributed by atoms with Crippen LogP contribution in [-0.4, -0.2) is 29.8 Å². The fraction of sp³-hybridized carbons (Fsp3) is 0.643. The highest BCUT2D eigenvalue weighted by Crippen LogP contribution is 2.66. The van der Waals surface area contributed by atoms with Crippen molar-refractivity contribution in [2.24, 2.45) is 34.5 Å². The van der Waals surface area contributed by atoms with Gasteiger partial charge < -0.3 is 16.0 Å². The molecule has 1 aromatic carbocycles. The van der Waals surface area contributed by atoms with Crippen LogP contribution in [0.2, 0.25) is 0 Å². The zero-order valence-corrected chi connectivity index (χ0v) is 20.6. The highest BCUT2D eigenvalue weighted by atomic mass is 16.2. The van der Waals surface area contributed by atoms with E-state index < -0.39 is 0 Å². The second kappa shape index (κ2) is 7.89. The summed E-state index contributed by atoms with van der Waals surface area (Å²) >= 11 is 0. The lowest BCUT2D eigenvalue weighted by Crippen LogP contribution is -2.59. The third kappa shape index (κ3) is 3.50. The maximum atomic E-state index is 13.0. The molecule has 5 nitrogen and oxygen atoms in total. The molecule has 0 bridgehead atoms. The van der Waals surface area contributed by atoms with Gasteiger partial charge in [-0.3, -0.25) is 9.59 Å². The summed E-state index contributed by atoms with van der Waals surface area (Å²) in [5, 5.41) is 3.08. The Labute approximate surface area is 198 Å². The largest absolute Gasteiger partial charge is 0.397 e. The second-order valence-electron chi connectivity index (χ2n) is 11.8. The molecule has 1 aromatic rings. The Bertz CT molecular complexity index is 1000. The first kappa shape index (κ1) is 22.5. The summed E-state index contributed by atoms with van der Waals surface area (Å²) < 4.78 is 0. The van der Waals surface area contributed by atoms with Crippen molar-refractivity contribution in [1.29, 1.82) is 0 Å². The molecule has 0 spiro atoms. The Hall–Kier alpha value is -2.30. The van der Waals surface area contributed by atoms with Gasteiger partial charge in [0, 0.05) is 24.9 Å². The molecule has 3 saturated carbocycles. The van der Waals surface area contributed by atoms with E-state index in [9.17, 15) is 9.59 Å². The number of hydrogen-bond acceptors (Lipinski definition) is 3. The minimum Gasteiger partial charge on any atom is -0.397 e. The Morgan fingerprint density at radius 1 is 1.15 bits per heavy atom. The molecular formula is C28H39N3O2. The third-order valence-corrected chi connectivity index (χ3v) is 10.2. The molecule has 3 fully saturated rings. The highest BCUT2D eigenvalue weighted by Gasteiger charge is 2.60. The maximum Gasteiger partial charge on any atom is 0.246 e. The van der Waals surface area contributed by atoms with Gasteiger partial charge in [-0.15, -0.1) is 0 Å². The van der Waals surface area contributed by atoms with E-state index >= 15 is 0 Å². The van der Waals surface area contributed by atoms with Gasteiger partial charge in [0.25, 0.3) is 0 Å². The molecule has 3 aliphatic carbocycles. The standard InChI is InChI=1S/C28H39N3O2/c1-17-5-9-23(22(29)15-17)30-25(32)16-18-6-8-20-19-7-10-24-28(3,14-12-26(33)31(24)4)21(19)11-13-27(18,20)2/h5,9,12,14-15,18-21,24H,6-8,10-11,13,16,29H2,1-4H3,(H,30,32)/t18-,19?,20?,21?,24?,27-,28-/m1/s1. The smallest absolute Gasteiger partial charge is 0.246 e. The average molecular weight is 450 g/mol. The molecule has 0 saturated heterocycles. The lowest BCUT2D eigenvalue weighted by atomic mass is 9.47. The number of amides is 2. The summed E-state index contributed by atoms with van der Waals surface area (Å²) in [7, 11) is 1.98. The van der Waals surface area contributed by atoms with E-state index in [0.717, 1.165) is 24.1 Å². The number of anilines is 2. The summed E-state index contributed by atoms with van der Waals surface area (Å²) in [5.74, 6) is 2.65. The van der Waals surface area contributed by atoms with Crippen molar-refractivity contribution in [3.8, 4) is 0 Å². The van der Waals surface area contributed by atoms with E-state index in [1.807, 2.05) is 43.1 Å². The molecular weight excluding hydrogens is 410 g/mol. The molecule has 1 heterocycles. The van der Waals surface area contributed by atoms with Crippen molar-refractivity contribution >= 4 is 23.2 Å². The summed E-state index contributed by atoms with van der Waals surface area (Å²) in [4.78, 5) is 27.3. The molecule has 5 rings (SSSR count). The number of likely N-dealkylation sites (N-methyl/N-ethyl adjacent to an activating group) is 1. The van der Waals surface area contributed by atoms with Crippen molar-refractivity contribution in [2.45, 2.75) is 71.8 Å². The van der Waals surface area contributed by atoms with Crippen molar-refractivity contribution in [2.75, 3.05) is 18.1 Å². The van der Waals surface area contributed by atoms with Gasteiger partial charge in [-0.05, 0) is 98.3 Å². The first-order chi connectivity index (χ1) is 15.6. The van der Waals surface area contributed by atoms with Crippen LogP contribution in [0.5, 0.6) is 0 Å². The van der Waals surface area contributed by atoms with Crippen LogP contribution in [0, 0.1) is 41.4 Å². The Morgan fingerprint density at radius 2 is 1.94 bits per heavy atom. The number of aryl methyl sites for hydroxylation is 1. The molecule has 4 aliphatic rings. The second-order valence-corrected chi connectivity index (χ2v) is 11.8. The van der Waals surface area contributed by atoms with E-state index in [0.29, 0.717) is 41.8 Å². The van der Waals surface area contributed by atoms with E-state index in [1.165, 1.54) is 25.7 Å². The molecule has 0 radical (unpaired) electrons. The van der Waals surface area contributed by atoms with Crippen LogP contribution >= 0.6 is 0 Å². The summed E-state index contributed by atoms with van der Waals surface area (Å²) in [6.45, 7) is 6.85. The Morgan fingerprint density at radius 3 is 2.70 bits per heavy atom. The number of hydrogen-bond donors (Lipinski definition) is 2. The molecule has 7 atom stereocenters. The SMILES string of the molecule is Cc1ccc(NC(=O)C[C@H]2CCC3C4CCC5N(C)C(=O)C=C[C@]5(C)C4CC[C@@]32C)c(N)c1. The highest BCUT2D eigenvalue weighted by molar-refractivity contribution is 5.94. The first-order valence-corrected chi connectivity index (χ1v) is 12.8. The number of nitrogens with two attached hydrogens (primary N) is 1. The van der Waals surface area contributed by atoms with Gasteiger partial charge in [-0.2, -0.15) is 0 Å². The molecule has 5 heteroatoms. The van der Waals surface area contributed by atoms with Crippen LogP contribution in [-0.2, 0) is 9.59 Å². The predicted molar refractivity (Wildman–Crippen MR) is 132 cm³/mol. The van der Waals surface area contributed by atoms with Gasteiger partial charge >= 0.3 is 0 Å². The summed E-state index contributed by atoms with van der Waals surface area (Å²) in [5.41, 5.74) is 8.88. The quantitative estimate of drug-likeness (QED) is 0.626. The number of carbonyl (C=O) groups excluding carboxylic acids is 2. The molecule has 2 amide bonds. The van der Waals surface area contributed by atoms with E-state index in [2.05, 4.69) is 25.2 Å². The fourth-order valence-electron chi connectivity index (χ4n) is 8.40. The monoisotopic (exact) mass is 449 g/mol. The van der Waals surface area contributed by atoms with Crippen LogP contribution in [0.15, 0.2) is 30.4 Å². The van der Waals surface area contributed by atoms with Crippen LogP contribution in [0.25, 0.3) is 0 Å². The zero-order chi connectivity index (χ0) is 23.5. The van der Waals surface area contributed by atoms with Gasteiger partial charge in [-0.1, -0.05) is 26.0 Å². The molecule has 1 aliphatic heterocycles. The minimum atomic E-state index is 0.0747. The van der Waals surface area contributed by atoms with E-state index in [4.69, 9.17) is 5.73 Å². The molecule has 0 aromatic heterocycles. The number of nitrogens with zero attached hydrogens (tertiary/aromatic N) is 1. The zero-order valence-electron chi connectivity index (χ0n) is 20.6. The number of fused-ring (bicyclic) bond motifs is 5. The molecule has 178 valence electrons. The molecule has 4 unspecified atom stereocenters. The Balaban J connectivity index is 1.31. The summed E-state index contributed by atoms with van der Waals surface area (Å²) in [6.07, 6.45) is 11.7. The van der Waals surface area contributed by atoms with Crippen LogP contribution < -0.4 is 11.1 Å². The van der Waals surface area contributed by atoms with Crippen molar-refractivity contribution in [3.05, 3.63) is 35.9 Å². The Kier molecular flexibility index (Phi) is 5.37. The molecule has 3 N–H and O–H groups in total. The topological polar surface area (TPSA) is 75.4 Å². The first-order valence-electron chi connectivity index (χ1n) is 12.8. The van der Waals surface area contributed by atoms with E-state index in [-0.39, 0.29) is 22.6 Å². The van der Waals surface area contributed by atoms with Gasteiger partial charge in [-0.25, -0.2) is 0 Å². The van der Waals surface area contributed by atoms with Gasteiger partial charge in [0.2, 0.25) is 11.8 Å². The number of rotatable bonds is 3. The van der Waals surface area contributed by atoms with Crippen LogP contribution in [0.4, 0.5) is 11.4 Å². The molecule has 33 heavy (non-hydrogen) atoms. The van der Waals surface area contributed by atoms with Crippen LogP contribution in [0.3, 0.4) is 0 Å². The normalized spacial score (nSPS) is 39.6. The van der Waals surface area contributed by atoms with Crippen molar-refractivity contribution < 1.29 is 9.59 Å². The number of nitrogen functional groups attached to an aromatic ring is 1. The van der Waals surface area contributed by atoms with Gasteiger partial charge in [0.1, 0.15) is 0 Å². The predicted octanol–water partition coefficient (Wildman–Crippen LogP) is 5.16. The average Bonchev–Trinajstić information content (AvgIpc) is 3.09. The summed E-state index contributed by atoms with van der Waals surface area (Å²) in [6, 6.07) is 6.13. The minimum absolute atomic E-state index is 0.0747. The maximum absolute atomic E-state index is 13.0. The lowest BCUT2D eigenvalue weighted by Gasteiger charge is -2.60. The fourth-order valence-corrected chi connectivity index (χ4v) is 8.40. The number of benzene rings is 1. The van der Waals surface area contributed by atoms with Crippen LogP contribution in [0.1, 0.15) is 64.4 Å². The van der Waals surface area contributed by atoms with Gasteiger partial charge in [0.05, 0.1) is 11.4 Å². The van der Waals surface area contributed by atoms with Gasteiger partial charge in [0.15, 0.2) is 0 Å². The van der Waals surface area contributed by atoms with E-state index in [1.54, 1.807) is 0 Å². The lowest BCUT2D eigenvalue weighted by molar-refractivity contribution is -0.139. The van der Waals surface area contributed by atoms with Crippen molar-refractivity contribution in [1.82, 2.24) is 4.90 Å².